The Balaban J connectivity index is 1.76. The van der Waals surface area contributed by atoms with Crippen LogP contribution < -0.4 is 4.90 Å². The van der Waals surface area contributed by atoms with E-state index in [1.54, 1.807) is 12.4 Å². The lowest BCUT2D eigenvalue weighted by Crippen LogP contribution is -2.37. The smallest absolute Gasteiger partial charge is 0.169 e. The molecule has 1 atom stereocenters. The number of imidazole rings is 1. The van der Waals surface area contributed by atoms with Crippen molar-refractivity contribution in [2.45, 2.75) is 45.6 Å². The van der Waals surface area contributed by atoms with Gasteiger partial charge >= 0.3 is 0 Å². The van der Waals surface area contributed by atoms with Gasteiger partial charge in [0.2, 0.25) is 0 Å². The van der Waals surface area contributed by atoms with E-state index in [4.69, 9.17) is 0 Å². The largest absolute Gasteiger partial charge is 0.385 e. The second-order valence-electron chi connectivity index (χ2n) is 6.39. The number of nitriles is 1. The third kappa shape index (κ3) is 3.35. The summed E-state index contributed by atoms with van der Waals surface area (Å²) in [6.07, 6.45) is 6.02. The zero-order valence-electron chi connectivity index (χ0n) is 14.7. The molecule has 0 aromatic carbocycles. The van der Waals surface area contributed by atoms with Crippen molar-refractivity contribution in [1.82, 2.24) is 20.2 Å². The van der Waals surface area contributed by atoms with Crippen LogP contribution in [0.15, 0.2) is 12.4 Å². The molecule has 1 aliphatic heterocycles. The number of H-pyrrole nitrogens is 1. The molecule has 7 heteroatoms. The number of aromatic nitrogens is 4. The van der Waals surface area contributed by atoms with Crippen molar-refractivity contribution in [2.75, 3.05) is 18.0 Å². The Labute approximate surface area is 147 Å². The fraction of sp³-hybridized carbons (Fsp3) is 0.556. The van der Waals surface area contributed by atoms with E-state index < -0.39 is 6.10 Å². The molecule has 0 spiro atoms. The van der Waals surface area contributed by atoms with Crippen LogP contribution in [0.2, 0.25) is 0 Å². The highest BCUT2D eigenvalue weighted by Gasteiger charge is 2.29. The van der Waals surface area contributed by atoms with Crippen molar-refractivity contribution >= 4 is 5.82 Å². The zero-order valence-corrected chi connectivity index (χ0v) is 14.7. The van der Waals surface area contributed by atoms with Gasteiger partial charge in [0.1, 0.15) is 23.6 Å². The molecule has 2 aromatic rings. The van der Waals surface area contributed by atoms with Crippen LogP contribution in [-0.4, -0.2) is 38.4 Å². The molecule has 3 heterocycles. The van der Waals surface area contributed by atoms with Gasteiger partial charge in [-0.2, -0.15) is 10.4 Å². The van der Waals surface area contributed by atoms with Crippen molar-refractivity contribution in [3.8, 4) is 6.07 Å². The average molecular weight is 340 g/mol. The number of hydrogen-bond donors (Lipinski definition) is 2. The lowest BCUT2D eigenvalue weighted by molar-refractivity contribution is 0.0856. The van der Waals surface area contributed by atoms with Gasteiger partial charge in [0.25, 0.3) is 0 Å². The number of hydrogen-bond acceptors (Lipinski definition) is 6. The Kier molecular flexibility index (Phi) is 5.29. The second kappa shape index (κ2) is 7.62. The molecule has 0 radical (unpaired) electrons. The number of rotatable bonds is 5. The number of aryl methyl sites for hydroxylation is 1. The summed E-state index contributed by atoms with van der Waals surface area (Å²) in [5.41, 5.74) is 2.57. The molecule has 2 aromatic heterocycles. The zero-order chi connectivity index (χ0) is 17.8. The average Bonchev–Trinajstić information content (AvgIpc) is 3.21. The molecule has 132 valence electrons. The number of aliphatic hydroxyl groups is 1. The number of piperidine rings is 1. The summed E-state index contributed by atoms with van der Waals surface area (Å²) in [5.74, 6) is 1.46. The highest BCUT2D eigenvalue weighted by Crippen LogP contribution is 2.32. The number of nitrogens with one attached hydrogen (secondary N) is 1. The highest BCUT2D eigenvalue weighted by molar-refractivity contribution is 5.58. The first kappa shape index (κ1) is 17.4. The molecule has 25 heavy (non-hydrogen) atoms. The predicted molar refractivity (Wildman–Crippen MR) is 94.0 cm³/mol. The van der Waals surface area contributed by atoms with E-state index in [9.17, 15) is 10.4 Å². The third-order valence-corrected chi connectivity index (χ3v) is 5.02. The van der Waals surface area contributed by atoms with E-state index in [2.05, 4.69) is 31.1 Å². The number of nitrogens with zero attached hydrogens (tertiary/aromatic N) is 5. The normalized spacial score (nSPS) is 16.6. The van der Waals surface area contributed by atoms with Gasteiger partial charge in [0, 0.05) is 25.5 Å². The van der Waals surface area contributed by atoms with Crippen LogP contribution >= 0.6 is 0 Å². The summed E-state index contributed by atoms with van der Waals surface area (Å²) in [7, 11) is 0. The summed E-state index contributed by atoms with van der Waals surface area (Å²) in [4.78, 5) is 9.26. The molecule has 7 nitrogen and oxygen atoms in total. The maximum atomic E-state index is 10.4. The van der Waals surface area contributed by atoms with E-state index in [-0.39, 0.29) is 5.92 Å². The summed E-state index contributed by atoms with van der Waals surface area (Å²) in [5, 5.41) is 28.8. The van der Waals surface area contributed by atoms with Crippen LogP contribution in [0.4, 0.5) is 5.82 Å². The predicted octanol–water partition coefficient (Wildman–Crippen LogP) is 2.15. The van der Waals surface area contributed by atoms with Crippen LogP contribution in [0.5, 0.6) is 0 Å². The minimum absolute atomic E-state index is 0.154. The first-order chi connectivity index (χ1) is 12.2. The van der Waals surface area contributed by atoms with Crippen molar-refractivity contribution < 1.29 is 5.11 Å². The molecule has 1 fully saturated rings. The molecule has 2 N–H and O–H groups in total. The van der Waals surface area contributed by atoms with Crippen molar-refractivity contribution in [3.63, 3.8) is 0 Å². The minimum Gasteiger partial charge on any atom is -0.385 e. The topological polar surface area (TPSA) is 102 Å². The summed E-state index contributed by atoms with van der Waals surface area (Å²) in [6, 6.07) is 2.33. The third-order valence-electron chi connectivity index (χ3n) is 5.02. The van der Waals surface area contributed by atoms with E-state index in [0.717, 1.165) is 50.0 Å². The monoisotopic (exact) mass is 340 g/mol. The van der Waals surface area contributed by atoms with Gasteiger partial charge < -0.3 is 15.0 Å². The maximum absolute atomic E-state index is 10.4. The summed E-state index contributed by atoms with van der Waals surface area (Å²) >= 11 is 0. The first-order valence-corrected chi connectivity index (χ1v) is 8.90. The maximum Gasteiger partial charge on any atom is 0.169 e. The van der Waals surface area contributed by atoms with E-state index in [1.807, 2.05) is 13.8 Å². The van der Waals surface area contributed by atoms with Gasteiger partial charge in [-0.05, 0) is 37.2 Å². The summed E-state index contributed by atoms with van der Waals surface area (Å²) in [6.45, 7) is 5.58. The van der Waals surface area contributed by atoms with Crippen LogP contribution in [0.3, 0.4) is 0 Å². The highest BCUT2D eigenvalue weighted by atomic mass is 16.3. The number of aromatic amines is 1. The molecular formula is C18H24N6O. The minimum atomic E-state index is -0.577. The summed E-state index contributed by atoms with van der Waals surface area (Å²) < 4.78 is 0. The molecule has 0 aliphatic carbocycles. The van der Waals surface area contributed by atoms with E-state index in [1.165, 1.54) is 0 Å². The Morgan fingerprint density at radius 2 is 2.08 bits per heavy atom. The van der Waals surface area contributed by atoms with Crippen LogP contribution in [0.25, 0.3) is 0 Å². The van der Waals surface area contributed by atoms with Crippen LogP contribution in [0.1, 0.15) is 55.4 Å². The molecule has 3 rings (SSSR count). The van der Waals surface area contributed by atoms with Crippen molar-refractivity contribution in [1.29, 1.82) is 5.26 Å². The van der Waals surface area contributed by atoms with Gasteiger partial charge in [-0.3, -0.25) is 0 Å². The lowest BCUT2D eigenvalue weighted by atomic mass is 9.90. The van der Waals surface area contributed by atoms with Crippen LogP contribution in [-0.2, 0) is 12.8 Å². The van der Waals surface area contributed by atoms with E-state index in [0.29, 0.717) is 17.2 Å². The first-order valence-electron chi connectivity index (χ1n) is 8.90. The SMILES string of the molecule is CCc1nnc(N2CCC([C@H](O)c3ncc[nH]3)CC2)c(C#N)c1CC. The molecule has 1 aliphatic rings. The molecular weight excluding hydrogens is 316 g/mol. The fourth-order valence-electron chi connectivity index (χ4n) is 3.59. The van der Waals surface area contributed by atoms with Crippen molar-refractivity contribution in [3.05, 3.63) is 35.0 Å². The Bertz CT molecular complexity index is 744. The van der Waals surface area contributed by atoms with Gasteiger partial charge in [-0.1, -0.05) is 13.8 Å². The lowest BCUT2D eigenvalue weighted by Gasteiger charge is -2.34. The van der Waals surface area contributed by atoms with Gasteiger partial charge in [0.15, 0.2) is 5.82 Å². The van der Waals surface area contributed by atoms with Crippen molar-refractivity contribution in [2.24, 2.45) is 5.92 Å². The Hall–Kier alpha value is -2.46. The fourth-order valence-corrected chi connectivity index (χ4v) is 3.59. The van der Waals surface area contributed by atoms with Gasteiger partial charge in [-0.15, -0.1) is 5.10 Å². The Morgan fingerprint density at radius 1 is 1.32 bits per heavy atom. The number of aliphatic hydroxyl groups excluding tert-OH is 1. The number of anilines is 1. The Morgan fingerprint density at radius 3 is 2.64 bits per heavy atom. The molecule has 1 saturated heterocycles. The van der Waals surface area contributed by atoms with Gasteiger partial charge in [-0.25, -0.2) is 4.98 Å². The van der Waals surface area contributed by atoms with Gasteiger partial charge in [0.05, 0.1) is 5.69 Å². The quantitative estimate of drug-likeness (QED) is 0.865. The van der Waals surface area contributed by atoms with E-state index >= 15 is 0 Å². The van der Waals surface area contributed by atoms with Crippen LogP contribution in [0, 0.1) is 17.2 Å². The second-order valence-corrected chi connectivity index (χ2v) is 6.39. The standard InChI is InChI=1S/C18H24N6O/c1-3-13-14(11-19)18(23-22-15(13)4-2)24-9-5-12(6-10-24)16(25)17-20-7-8-21-17/h7-8,12,16,25H,3-6,9-10H2,1-2H3,(H,20,21)/t16-/m0/s1. The molecule has 0 bridgehead atoms. The molecule has 0 saturated carbocycles. The molecule has 0 amide bonds. The molecule has 0 unspecified atom stereocenters.